The van der Waals surface area contributed by atoms with Gasteiger partial charge in [-0.05, 0) is 97.4 Å². The fraction of sp³-hybridized carbons (Fsp3) is 0. The lowest BCUT2D eigenvalue weighted by Crippen LogP contribution is -2.12. The van der Waals surface area contributed by atoms with Crippen molar-refractivity contribution in [1.29, 1.82) is 0 Å². The van der Waals surface area contributed by atoms with E-state index in [0.717, 1.165) is 61.3 Å². The van der Waals surface area contributed by atoms with Crippen molar-refractivity contribution in [1.82, 2.24) is 0 Å². The first-order chi connectivity index (χ1) is 28.8. The predicted molar refractivity (Wildman–Crippen MR) is 245 cm³/mol. The second kappa shape index (κ2) is 14.1. The molecule has 58 heavy (non-hydrogen) atoms. The van der Waals surface area contributed by atoms with Crippen molar-refractivity contribution in [3.63, 3.8) is 0 Å². The number of para-hydroxylation sites is 3. The monoisotopic (exact) mass is 739 g/mol. The summed E-state index contributed by atoms with van der Waals surface area (Å²) in [6, 6.07) is 80.8. The summed E-state index contributed by atoms with van der Waals surface area (Å²) in [5, 5.41) is 7.14. The Morgan fingerprint density at radius 2 is 0.845 bits per heavy atom. The first-order valence-electron chi connectivity index (χ1n) is 19.8. The Morgan fingerprint density at radius 1 is 0.293 bits per heavy atom. The Kier molecular flexibility index (Phi) is 8.19. The SMILES string of the molecule is c1ccc(-c2cccc3cccc(-c4ccccc4N(c4cccc(-c5cccc6ccccc56)c4)c4ccccc4-c4ccc5c(c4)oc4ccccc45)c23)cc1. The van der Waals surface area contributed by atoms with Crippen LogP contribution in [0.25, 0.3) is 88.0 Å². The van der Waals surface area contributed by atoms with E-state index in [-0.39, 0.29) is 0 Å². The van der Waals surface area contributed by atoms with Gasteiger partial charge in [-0.2, -0.15) is 0 Å². The normalized spacial score (nSPS) is 11.4. The lowest BCUT2D eigenvalue weighted by atomic mass is 9.90. The number of fused-ring (bicyclic) bond motifs is 5. The van der Waals surface area contributed by atoms with Crippen LogP contribution in [0.2, 0.25) is 0 Å². The molecule has 0 aliphatic heterocycles. The molecule has 0 N–H and O–H groups in total. The van der Waals surface area contributed by atoms with Crippen molar-refractivity contribution < 1.29 is 4.42 Å². The van der Waals surface area contributed by atoms with Crippen LogP contribution in [-0.4, -0.2) is 0 Å². The van der Waals surface area contributed by atoms with E-state index in [1.54, 1.807) is 0 Å². The Morgan fingerprint density at radius 3 is 1.69 bits per heavy atom. The molecule has 0 radical (unpaired) electrons. The van der Waals surface area contributed by atoms with Crippen LogP contribution in [0.4, 0.5) is 17.1 Å². The minimum atomic E-state index is 0.877. The Hall–Kier alpha value is -7.68. The molecule has 1 heterocycles. The lowest BCUT2D eigenvalue weighted by Gasteiger charge is -2.30. The van der Waals surface area contributed by atoms with Crippen LogP contribution >= 0.6 is 0 Å². The van der Waals surface area contributed by atoms with Crippen LogP contribution in [0.1, 0.15) is 0 Å². The van der Waals surface area contributed by atoms with Crippen LogP contribution in [0.5, 0.6) is 0 Å². The molecule has 0 amide bonds. The third kappa shape index (κ3) is 5.74. The lowest BCUT2D eigenvalue weighted by molar-refractivity contribution is 0.669. The molecular formula is C56H37NO. The number of hydrogen-bond donors (Lipinski definition) is 0. The summed E-state index contributed by atoms with van der Waals surface area (Å²) in [4.78, 5) is 2.45. The van der Waals surface area contributed by atoms with Crippen LogP contribution in [0.3, 0.4) is 0 Å². The van der Waals surface area contributed by atoms with Crippen molar-refractivity contribution in [3.8, 4) is 44.5 Å². The summed E-state index contributed by atoms with van der Waals surface area (Å²) >= 11 is 0. The van der Waals surface area contributed by atoms with E-state index in [1.807, 2.05) is 12.1 Å². The molecule has 10 aromatic carbocycles. The summed E-state index contributed by atoms with van der Waals surface area (Å²) in [7, 11) is 0. The van der Waals surface area contributed by atoms with E-state index in [1.165, 1.54) is 43.8 Å². The van der Waals surface area contributed by atoms with Crippen molar-refractivity contribution in [3.05, 3.63) is 224 Å². The molecule has 0 saturated heterocycles. The number of benzene rings is 10. The summed E-state index contributed by atoms with van der Waals surface area (Å²) < 4.78 is 6.44. The summed E-state index contributed by atoms with van der Waals surface area (Å²) in [6.07, 6.45) is 0. The number of hydrogen-bond acceptors (Lipinski definition) is 2. The zero-order chi connectivity index (χ0) is 38.4. The van der Waals surface area contributed by atoms with Gasteiger partial charge in [-0.25, -0.2) is 0 Å². The molecule has 11 aromatic rings. The zero-order valence-corrected chi connectivity index (χ0v) is 31.7. The van der Waals surface area contributed by atoms with Gasteiger partial charge in [0.2, 0.25) is 0 Å². The Balaban J connectivity index is 1.17. The van der Waals surface area contributed by atoms with Gasteiger partial charge in [0.15, 0.2) is 0 Å². The van der Waals surface area contributed by atoms with E-state index in [2.05, 4.69) is 217 Å². The molecule has 0 spiro atoms. The maximum Gasteiger partial charge on any atom is 0.136 e. The van der Waals surface area contributed by atoms with Gasteiger partial charge in [0.25, 0.3) is 0 Å². The highest BCUT2D eigenvalue weighted by molar-refractivity contribution is 6.10. The Labute approximate surface area is 337 Å². The third-order valence-corrected chi connectivity index (χ3v) is 11.5. The van der Waals surface area contributed by atoms with E-state index in [0.29, 0.717) is 0 Å². The first kappa shape index (κ1) is 33.6. The van der Waals surface area contributed by atoms with Crippen LogP contribution in [0.15, 0.2) is 229 Å². The van der Waals surface area contributed by atoms with Crippen molar-refractivity contribution in [2.75, 3.05) is 4.90 Å². The molecule has 2 heteroatoms. The maximum absolute atomic E-state index is 6.44. The van der Waals surface area contributed by atoms with Crippen molar-refractivity contribution in [2.24, 2.45) is 0 Å². The average Bonchev–Trinajstić information content (AvgIpc) is 3.67. The van der Waals surface area contributed by atoms with E-state index in [4.69, 9.17) is 4.42 Å². The molecule has 0 saturated carbocycles. The number of furan rings is 1. The topological polar surface area (TPSA) is 16.4 Å². The molecule has 0 unspecified atom stereocenters. The molecule has 272 valence electrons. The van der Waals surface area contributed by atoms with Gasteiger partial charge in [0, 0.05) is 27.6 Å². The highest BCUT2D eigenvalue weighted by Gasteiger charge is 2.23. The van der Waals surface area contributed by atoms with Crippen LogP contribution in [-0.2, 0) is 0 Å². The number of rotatable bonds is 7. The molecule has 0 bridgehead atoms. The van der Waals surface area contributed by atoms with Gasteiger partial charge in [0.05, 0.1) is 11.4 Å². The molecule has 2 nitrogen and oxygen atoms in total. The largest absolute Gasteiger partial charge is 0.456 e. The van der Waals surface area contributed by atoms with Gasteiger partial charge in [-0.15, -0.1) is 0 Å². The molecule has 0 aliphatic carbocycles. The van der Waals surface area contributed by atoms with Crippen LogP contribution < -0.4 is 4.90 Å². The quantitative estimate of drug-likeness (QED) is 0.162. The van der Waals surface area contributed by atoms with E-state index in [9.17, 15) is 0 Å². The fourth-order valence-electron chi connectivity index (χ4n) is 8.82. The summed E-state index contributed by atoms with van der Waals surface area (Å²) in [5.41, 5.74) is 14.3. The second-order valence-electron chi connectivity index (χ2n) is 14.8. The highest BCUT2D eigenvalue weighted by Crippen LogP contribution is 2.48. The molecular weight excluding hydrogens is 703 g/mol. The second-order valence-corrected chi connectivity index (χ2v) is 14.8. The molecule has 1 aromatic heterocycles. The van der Waals surface area contributed by atoms with Gasteiger partial charge in [-0.1, -0.05) is 182 Å². The highest BCUT2D eigenvalue weighted by atomic mass is 16.3. The molecule has 0 aliphatic rings. The van der Waals surface area contributed by atoms with E-state index >= 15 is 0 Å². The standard InChI is InChI=1S/C56H37NO/c1-2-16-39(17-3-1)47-29-14-20-40-21-15-30-51(56(40)47)48-26-7-10-32-53(48)57(43-23-12-22-41(36-43)45-28-13-19-38-18-4-5-24-44(38)45)52-31-9-6-25-46(52)42-34-35-50-49-27-8-11-33-54(49)58-55(50)37-42/h1-37H. The van der Waals surface area contributed by atoms with E-state index < -0.39 is 0 Å². The van der Waals surface area contributed by atoms with Gasteiger partial charge in [0.1, 0.15) is 11.2 Å². The van der Waals surface area contributed by atoms with Gasteiger partial charge >= 0.3 is 0 Å². The minimum Gasteiger partial charge on any atom is -0.456 e. The maximum atomic E-state index is 6.44. The molecule has 0 fully saturated rings. The van der Waals surface area contributed by atoms with Gasteiger partial charge in [-0.3, -0.25) is 0 Å². The summed E-state index contributed by atoms with van der Waals surface area (Å²) in [6.45, 7) is 0. The predicted octanol–water partition coefficient (Wildman–Crippen LogP) is 16.0. The van der Waals surface area contributed by atoms with Crippen molar-refractivity contribution >= 4 is 60.5 Å². The average molecular weight is 740 g/mol. The van der Waals surface area contributed by atoms with Crippen molar-refractivity contribution in [2.45, 2.75) is 0 Å². The van der Waals surface area contributed by atoms with Crippen LogP contribution in [0, 0.1) is 0 Å². The molecule has 0 atom stereocenters. The number of anilines is 3. The first-order valence-corrected chi connectivity index (χ1v) is 19.8. The fourth-order valence-corrected chi connectivity index (χ4v) is 8.82. The third-order valence-electron chi connectivity index (χ3n) is 11.5. The summed E-state index contributed by atoms with van der Waals surface area (Å²) in [5.74, 6) is 0. The minimum absolute atomic E-state index is 0.877. The smallest absolute Gasteiger partial charge is 0.136 e. The van der Waals surface area contributed by atoms with Gasteiger partial charge < -0.3 is 9.32 Å². The molecule has 11 rings (SSSR count). The Bertz CT molecular complexity index is 3290. The number of nitrogens with zero attached hydrogens (tertiary/aromatic N) is 1. The zero-order valence-electron chi connectivity index (χ0n) is 31.7.